The second kappa shape index (κ2) is 4.82. The molecule has 0 unspecified atom stereocenters. The van der Waals surface area contributed by atoms with Gasteiger partial charge in [-0.2, -0.15) is 0 Å². The summed E-state index contributed by atoms with van der Waals surface area (Å²) in [7, 11) is 0. The van der Waals surface area contributed by atoms with Crippen LogP contribution in [0.2, 0.25) is 0 Å². The van der Waals surface area contributed by atoms with Crippen LogP contribution in [0.3, 0.4) is 0 Å². The number of nitrogens with zero attached hydrogens (tertiary/aromatic N) is 2. The molecule has 0 spiro atoms. The highest BCUT2D eigenvalue weighted by Gasteiger charge is 2.19. The van der Waals surface area contributed by atoms with Gasteiger partial charge in [-0.3, -0.25) is 0 Å². The summed E-state index contributed by atoms with van der Waals surface area (Å²) in [4.78, 5) is 11.3. The van der Waals surface area contributed by atoms with Gasteiger partial charge in [-0.15, -0.1) is 11.3 Å². The van der Waals surface area contributed by atoms with Crippen LogP contribution in [0.1, 0.15) is 30.2 Å². The molecular weight excluding hydrogens is 246 g/mol. The van der Waals surface area contributed by atoms with Crippen molar-refractivity contribution in [3.63, 3.8) is 0 Å². The molecule has 0 aromatic carbocycles. The van der Waals surface area contributed by atoms with E-state index in [0.29, 0.717) is 6.54 Å². The summed E-state index contributed by atoms with van der Waals surface area (Å²) in [5, 5.41) is 13.8. The Morgan fingerprint density at radius 3 is 3.06 bits per heavy atom. The summed E-state index contributed by atoms with van der Waals surface area (Å²) < 4.78 is 0. The van der Waals surface area contributed by atoms with Crippen molar-refractivity contribution in [1.82, 2.24) is 9.97 Å². The van der Waals surface area contributed by atoms with E-state index in [1.807, 2.05) is 0 Å². The van der Waals surface area contributed by atoms with E-state index in [2.05, 4.69) is 15.3 Å². The molecule has 5 heteroatoms. The van der Waals surface area contributed by atoms with Crippen LogP contribution in [0.25, 0.3) is 10.2 Å². The van der Waals surface area contributed by atoms with Crippen LogP contribution in [0.5, 0.6) is 0 Å². The van der Waals surface area contributed by atoms with E-state index < -0.39 is 0 Å². The standard InChI is InChI=1S/C13H17N3OS/c1-8(17)6-14-12-11-9-4-2-3-5-10(9)18-13(11)16-7-15-12/h7-8,17H,2-6H2,1H3,(H,14,15,16)/t8-/m1/s1. The fourth-order valence-corrected chi connectivity index (χ4v) is 3.70. The van der Waals surface area contributed by atoms with Crippen molar-refractivity contribution in [2.24, 2.45) is 0 Å². The maximum atomic E-state index is 9.37. The van der Waals surface area contributed by atoms with Gasteiger partial charge >= 0.3 is 0 Å². The molecule has 1 aliphatic carbocycles. The van der Waals surface area contributed by atoms with Gasteiger partial charge in [0.25, 0.3) is 0 Å². The van der Waals surface area contributed by atoms with Gasteiger partial charge < -0.3 is 10.4 Å². The average molecular weight is 263 g/mol. The van der Waals surface area contributed by atoms with Gasteiger partial charge in [-0.05, 0) is 38.2 Å². The highest BCUT2D eigenvalue weighted by molar-refractivity contribution is 7.19. The highest BCUT2D eigenvalue weighted by atomic mass is 32.1. The summed E-state index contributed by atoms with van der Waals surface area (Å²) in [6.07, 6.45) is 6.07. The zero-order valence-electron chi connectivity index (χ0n) is 10.4. The molecule has 1 atom stereocenters. The van der Waals surface area contributed by atoms with Crippen molar-refractivity contribution < 1.29 is 5.11 Å². The molecule has 0 amide bonds. The minimum Gasteiger partial charge on any atom is -0.392 e. The van der Waals surface area contributed by atoms with Crippen molar-refractivity contribution >= 4 is 27.4 Å². The monoisotopic (exact) mass is 263 g/mol. The summed E-state index contributed by atoms with van der Waals surface area (Å²) in [5.41, 5.74) is 1.43. The molecule has 18 heavy (non-hydrogen) atoms. The van der Waals surface area contributed by atoms with Crippen LogP contribution < -0.4 is 5.32 Å². The minimum atomic E-state index is -0.371. The number of fused-ring (bicyclic) bond motifs is 3. The van der Waals surface area contributed by atoms with E-state index in [9.17, 15) is 5.11 Å². The SMILES string of the molecule is C[C@@H](O)CNc1ncnc2sc3c(c12)CCCC3. The number of rotatable bonds is 3. The number of aromatic nitrogens is 2. The number of aliphatic hydroxyl groups excluding tert-OH is 1. The summed E-state index contributed by atoms with van der Waals surface area (Å²) in [6.45, 7) is 2.30. The Morgan fingerprint density at radius 1 is 1.39 bits per heavy atom. The van der Waals surface area contributed by atoms with Gasteiger partial charge in [0, 0.05) is 11.4 Å². The fourth-order valence-electron chi connectivity index (χ4n) is 2.47. The maximum Gasteiger partial charge on any atom is 0.138 e. The van der Waals surface area contributed by atoms with Crippen molar-refractivity contribution in [3.8, 4) is 0 Å². The summed E-state index contributed by atoms with van der Waals surface area (Å²) >= 11 is 1.79. The largest absolute Gasteiger partial charge is 0.392 e. The van der Waals surface area contributed by atoms with Crippen molar-refractivity contribution in [3.05, 3.63) is 16.8 Å². The number of nitrogens with one attached hydrogen (secondary N) is 1. The van der Waals surface area contributed by atoms with Crippen molar-refractivity contribution in [2.75, 3.05) is 11.9 Å². The predicted octanol–water partition coefficient (Wildman–Crippen LogP) is 2.36. The van der Waals surface area contributed by atoms with E-state index in [1.165, 1.54) is 35.1 Å². The third-order valence-electron chi connectivity index (χ3n) is 3.32. The van der Waals surface area contributed by atoms with Gasteiger partial charge in [0.2, 0.25) is 0 Å². The lowest BCUT2D eigenvalue weighted by molar-refractivity contribution is 0.208. The first-order valence-corrected chi connectivity index (χ1v) is 7.24. The molecule has 0 bridgehead atoms. The second-order valence-corrected chi connectivity index (χ2v) is 5.93. The maximum absolute atomic E-state index is 9.37. The van der Waals surface area contributed by atoms with Crippen LogP contribution in [0, 0.1) is 0 Å². The summed E-state index contributed by atoms with van der Waals surface area (Å²) in [6, 6.07) is 0. The van der Waals surface area contributed by atoms with Crippen molar-refractivity contribution in [2.45, 2.75) is 38.7 Å². The van der Waals surface area contributed by atoms with Crippen LogP contribution in [0.15, 0.2) is 6.33 Å². The van der Waals surface area contributed by atoms with Crippen LogP contribution in [-0.4, -0.2) is 27.7 Å². The van der Waals surface area contributed by atoms with Gasteiger partial charge in [0.1, 0.15) is 17.0 Å². The third-order valence-corrected chi connectivity index (χ3v) is 4.52. The molecule has 0 radical (unpaired) electrons. The highest BCUT2D eigenvalue weighted by Crippen LogP contribution is 2.37. The molecule has 3 rings (SSSR count). The number of hydrogen-bond donors (Lipinski definition) is 2. The average Bonchev–Trinajstić information content (AvgIpc) is 2.75. The zero-order valence-corrected chi connectivity index (χ0v) is 11.3. The Kier molecular flexibility index (Phi) is 3.18. The van der Waals surface area contributed by atoms with Crippen LogP contribution >= 0.6 is 11.3 Å². The van der Waals surface area contributed by atoms with E-state index in [4.69, 9.17) is 0 Å². The van der Waals surface area contributed by atoms with Crippen LogP contribution in [0.4, 0.5) is 5.82 Å². The lowest BCUT2D eigenvalue weighted by atomic mass is 9.97. The smallest absolute Gasteiger partial charge is 0.138 e. The predicted molar refractivity (Wildman–Crippen MR) is 74.2 cm³/mol. The molecular formula is C13H17N3OS. The molecule has 96 valence electrons. The van der Waals surface area contributed by atoms with Crippen LogP contribution in [-0.2, 0) is 12.8 Å². The quantitative estimate of drug-likeness (QED) is 0.892. The first-order chi connectivity index (χ1) is 8.75. The lowest BCUT2D eigenvalue weighted by Crippen LogP contribution is -2.16. The Morgan fingerprint density at radius 2 is 2.22 bits per heavy atom. The molecule has 2 N–H and O–H groups in total. The number of aliphatic hydroxyl groups is 1. The van der Waals surface area contributed by atoms with Gasteiger partial charge in [0.05, 0.1) is 11.5 Å². The molecule has 0 saturated heterocycles. The lowest BCUT2D eigenvalue weighted by Gasteiger charge is -2.13. The summed E-state index contributed by atoms with van der Waals surface area (Å²) in [5.74, 6) is 0.875. The molecule has 1 aliphatic rings. The normalized spacial score (nSPS) is 16.6. The number of aryl methyl sites for hydroxylation is 2. The zero-order chi connectivity index (χ0) is 12.5. The second-order valence-electron chi connectivity index (χ2n) is 4.84. The molecule has 2 aromatic heterocycles. The molecule has 0 aliphatic heterocycles. The first-order valence-electron chi connectivity index (χ1n) is 6.43. The van der Waals surface area contributed by atoms with E-state index in [0.717, 1.165) is 17.1 Å². The van der Waals surface area contributed by atoms with Gasteiger partial charge in [-0.1, -0.05) is 0 Å². The van der Waals surface area contributed by atoms with E-state index in [-0.39, 0.29) is 6.10 Å². The van der Waals surface area contributed by atoms with E-state index >= 15 is 0 Å². The van der Waals surface area contributed by atoms with Gasteiger partial charge in [-0.25, -0.2) is 9.97 Å². The number of hydrogen-bond acceptors (Lipinski definition) is 5. The Labute approximate surface area is 110 Å². The molecule has 2 heterocycles. The fraction of sp³-hybridized carbons (Fsp3) is 0.538. The molecule has 0 fully saturated rings. The molecule has 2 aromatic rings. The molecule has 0 saturated carbocycles. The van der Waals surface area contributed by atoms with Gasteiger partial charge in [0.15, 0.2) is 0 Å². The topological polar surface area (TPSA) is 58.0 Å². The molecule has 4 nitrogen and oxygen atoms in total. The van der Waals surface area contributed by atoms with Crippen molar-refractivity contribution in [1.29, 1.82) is 0 Å². The third kappa shape index (κ3) is 2.08. The van der Waals surface area contributed by atoms with E-state index in [1.54, 1.807) is 24.6 Å². The minimum absolute atomic E-state index is 0.371. The Hall–Kier alpha value is -1.20. The number of anilines is 1. The Balaban J connectivity index is 2.05. The number of thiophene rings is 1. The Bertz CT molecular complexity index is 565. The first kappa shape index (κ1) is 11.9.